The molecule has 0 aliphatic heterocycles. The minimum Gasteiger partial charge on any atom is -0.351 e. The van der Waals surface area contributed by atoms with Gasteiger partial charge in [-0.1, -0.05) is 29.8 Å². The SMILES string of the molecule is CCOC(CNC(=O)c1ccc(CNS(=O)(=O)c2ccc(C)cc2)cc1)OCC. The van der Waals surface area contributed by atoms with Crippen LogP contribution in [-0.4, -0.2) is 40.4 Å². The van der Waals surface area contributed by atoms with Crippen molar-refractivity contribution in [3.8, 4) is 0 Å². The van der Waals surface area contributed by atoms with Gasteiger partial charge in [-0.05, 0) is 50.6 Å². The zero-order valence-corrected chi connectivity index (χ0v) is 17.8. The van der Waals surface area contributed by atoms with Crippen LogP contribution >= 0.6 is 0 Å². The molecule has 0 radical (unpaired) electrons. The Kier molecular flexibility index (Phi) is 8.78. The second-order valence-electron chi connectivity index (χ2n) is 6.38. The molecular weight excluding hydrogens is 392 g/mol. The molecule has 0 heterocycles. The van der Waals surface area contributed by atoms with Gasteiger partial charge in [0.05, 0.1) is 11.4 Å². The van der Waals surface area contributed by atoms with Crippen molar-refractivity contribution < 1.29 is 22.7 Å². The van der Waals surface area contributed by atoms with E-state index in [1.54, 1.807) is 48.5 Å². The second-order valence-corrected chi connectivity index (χ2v) is 8.15. The third-order valence-corrected chi connectivity index (χ3v) is 5.57. The lowest BCUT2D eigenvalue weighted by Gasteiger charge is -2.17. The van der Waals surface area contributed by atoms with Crippen LogP contribution in [0.2, 0.25) is 0 Å². The molecule has 0 aromatic heterocycles. The van der Waals surface area contributed by atoms with Gasteiger partial charge in [-0.2, -0.15) is 0 Å². The fourth-order valence-electron chi connectivity index (χ4n) is 2.57. The molecule has 0 aliphatic rings. The lowest BCUT2D eigenvalue weighted by molar-refractivity contribution is -0.131. The Morgan fingerprint density at radius 3 is 2.10 bits per heavy atom. The van der Waals surface area contributed by atoms with Gasteiger partial charge in [-0.15, -0.1) is 0 Å². The highest BCUT2D eigenvalue weighted by atomic mass is 32.2. The van der Waals surface area contributed by atoms with E-state index in [2.05, 4.69) is 10.0 Å². The van der Waals surface area contributed by atoms with Crippen molar-refractivity contribution in [1.82, 2.24) is 10.0 Å². The van der Waals surface area contributed by atoms with E-state index in [-0.39, 0.29) is 23.9 Å². The van der Waals surface area contributed by atoms with Gasteiger partial charge >= 0.3 is 0 Å². The van der Waals surface area contributed by atoms with Gasteiger partial charge in [0, 0.05) is 25.3 Å². The first-order valence-corrected chi connectivity index (χ1v) is 11.0. The third-order valence-electron chi connectivity index (χ3n) is 4.15. The molecule has 0 saturated carbocycles. The molecule has 0 unspecified atom stereocenters. The number of sulfonamides is 1. The maximum absolute atomic E-state index is 12.3. The van der Waals surface area contributed by atoms with Crippen LogP contribution in [0.15, 0.2) is 53.4 Å². The number of carbonyl (C=O) groups excluding carboxylic acids is 1. The molecule has 29 heavy (non-hydrogen) atoms. The van der Waals surface area contributed by atoms with Crippen LogP contribution in [0.1, 0.15) is 35.3 Å². The topological polar surface area (TPSA) is 93.7 Å². The number of rotatable bonds is 11. The Morgan fingerprint density at radius 2 is 1.55 bits per heavy atom. The Balaban J connectivity index is 1.90. The number of aryl methyl sites for hydroxylation is 1. The molecule has 2 aromatic carbocycles. The lowest BCUT2D eigenvalue weighted by Crippen LogP contribution is -2.35. The maximum Gasteiger partial charge on any atom is 0.251 e. The Bertz CT molecular complexity index is 874. The van der Waals surface area contributed by atoms with Gasteiger partial charge < -0.3 is 14.8 Å². The number of benzene rings is 2. The zero-order valence-electron chi connectivity index (χ0n) is 17.0. The predicted molar refractivity (Wildman–Crippen MR) is 111 cm³/mol. The summed E-state index contributed by atoms with van der Waals surface area (Å²) in [4.78, 5) is 12.5. The van der Waals surface area contributed by atoms with E-state index < -0.39 is 16.3 Å². The Labute approximate surface area is 172 Å². The van der Waals surface area contributed by atoms with Gasteiger partial charge in [-0.25, -0.2) is 13.1 Å². The van der Waals surface area contributed by atoms with Crippen molar-refractivity contribution >= 4 is 15.9 Å². The number of ether oxygens (including phenoxy) is 2. The van der Waals surface area contributed by atoms with Crippen LogP contribution in [0.5, 0.6) is 0 Å². The molecule has 158 valence electrons. The van der Waals surface area contributed by atoms with Gasteiger partial charge in [0.1, 0.15) is 0 Å². The van der Waals surface area contributed by atoms with Crippen molar-refractivity contribution in [3.63, 3.8) is 0 Å². The maximum atomic E-state index is 12.3. The smallest absolute Gasteiger partial charge is 0.251 e. The number of amides is 1. The summed E-state index contributed by atoms with van der Waals surface area (Å²) in [6.45, 7) is 6.99. The summed E-state index contributed by atoms with van der Waals surface area (Å²) in [5.74, 6) is -0.249. The van der Waals surface area contributed by atoms with Crippen LogP contribution in [-0.2, 0) is 26.0 Å². The first kappa shape index (κ1) is 23.0. The molecule has 2 rings (SSSR count). The van der Waals surface area contributed by atoms with Crippen molar-refractivity contribution in [1.29, 1.82) is 0 Å². The normalized spacial score (nSPS) is 11.6. The van der Waals surface area contributed by atoms with Crippen LogP contribution in [0.3, 0.4) is 0 Å². The summed E-state index contributed by atoms with van der Waals surface area (Å²) in [7, 11) is -3.59. The summed E-state index contributed by atoms with van der Waals surface area (Å²) in [6, 6.07) is 13.4. The standard InChI is InChI=1S/C21H28N2O5S/c1-4-27-20(28-5-2)15-22-21(24)18-10-8-17(9-11-18)14-23-29(25,26)19-12-6-16(3)7-13-19/h6-13,20,23H,4-5,14-15H2,1-3H3,(H,22,24). The fraction of sp³-hybridized carbons (Fsp3) is 0.381. The second kappa shape index (κ2) is 11.1. The third kappa shape index (κ3) is 7.25. The van der Waals surface area contributed by atoms with Crippen LogP contribution in [0.4, 0.5) is 0 Å². The van der Waals surface area contributed by atoms with Gasteiger partial charge in [0.15, 0.2) is 6.29 Å². The molecule has 0 saturated heterocycles. The molecule has 2 aromatic rings. The number of nitrogens with one attached hydrogen (secondary N) is 2. The molecule has 0 bridgehead atoms. The summed E-state index contributed by atoms with van der Waals surface area (Å²) >= 11 is 0. The highest BCUT2D eigenvalue weighted by Gasteiger charge is 2.14. The average Bonchev–Trinajstić information content (AvgIpc) is 2.71. The molecule has 0 aliphatic carbocycles. The summed E-state index contributed by atoms with van der Waals surface area (Å²) < 4.78 is 38.0. The van der Waals surface area contributed by atoms with Crippen molar-refractivity contribution in [3.05, 3.63) is 65.2 Å². The van der Waals surface area contributed by atoms with E-state index in [0.29, 0.717) is 18.8 Å². The van der Waals surface area contributed by atoms with Crippen molar-refractivity contribution in [2.75, 3.05) is 19.8 Å². The van der Waals surface area contributed by atoms with E-state index in [9.17, 15) is 13.2 Å². The first-order valence-electron chi connectivity index (χ1n) is 9.52. The monoisotopic (exact) mass is 420 g/mol. The quantitative estimate of drug-likeness (QED) is 0.545. The zero-order chi connectivity index (χ0) is 21.3. The van der Waals surface area contributed by atoms with E-state index in [1.807, 2.05) is 20.8 Å². The minimum atomic E-state index is -3.59. The molecule has 8 heteroatoms. The average molecular weight is 421 g/mol. The molecule has 7 nitrogen and oxygen atoms in total. The summed E-state index contributed by atoms with van der Waals surface area (Å²) in [6.07, 6.45) is -0.482. The highest BCUT2D eigenvalue weighted by Crippen LogP contribution is 2.11. The van der Waals surface area contributed by atoms with Crippen molar-refractivity contribution in [2.24, 2.45) is 0 Å². The highest BCUT2D eigenvalue weighted by molar-refractivity contribution is 7.89. The molecule has 2 N–H and O–H groups in total. The predicted octanol–water partition coefficient (Wildman–Crippen LogP) is 2.60. The van der Waals surface area contributed by atoms with Crippen LogP contribution < -0.4 is 10.0 Å². The summed E-state index contributed by atoms with van der Waals surface area (Å²) in [5, 5.41) is 2.77. The number of carbonyl (C=O) groups is 1. The van der Waals surface area contributed by atoms with Gasteiger partial charge in [0.25, 0.3) is 5.91 Å². The largest absolute Gasteiger partial charge is 0.351 e. The van der Waals surface area contributed by atoms with Gasteiger partial charge in [0.2, 0.25) is 10.0 Å². The molecule has 0 fully saturated rings. The molecule has 0 atom stereocenters. The molecular formula is C21H28N2O5S. The van der Waals surface area contributed by atoms with E-state index >= 15 is 0 Å². The van der Waals surface area contributed by atoms with Crippen LogP contribution in [0.25, 0.3) is 0 Å². The van der Waals surface area contributed by atoms with E-state index in [1.165, 1.54) is 0 Å². The fourth-order valence-corrected chi connectivity index (χ4v) is 3.59. The Morgan fingerprint density at radius 1 is 0.966 bits per heavy atom. The number of hydrogen-bond acceptors (Lipinski definition) is 5. The number of hydrogen-bond donors (Lipinski definition) is 2. The first-order chi connectivity index (χ1) is 13.9. The molecule has 0 spiro atoms. The molecule has 1 amide bonds. The van der Waals surface area contributed by atoms with Gasteiger partial charge in [-0.3, -0.25) is 4.79 Å². The van der Waals surface area contributed by atoms with E-state index in [4.69, 9.17) is 9.47 Å². The summed E-state index contributed by atoms with van der Waals surface area (Å²) in [5.41, 5.74) is 2.22. The minimum absolute atomic E-state index is 0.134. The van der Waals surface area contributed by atoms with Crippen LogP contribution in [0, 0.1) is 6.92 Å². The van der Waals surface area contributed by atoms with E-state index in [0.717, 1.165) is 11.1 Å². The van der Waals surface area contributed by atoms with Crippen molar-refractivity contribution in [2.45, 2.75) is 38.5 Å². The lowest BCUT2D eigenvalue weighted by atomic mass is 10.1. The Hall–Kier alpha value is -2.26.